The lowest BCUT2D eigenvalue weighted by Gasteiger charge is -2.32. The minimum absolute atomic E-state index is 0. The van der Waals surface area contributed by atoms with E-state index in [-0.39, 0.29) is 124 Å². The van der Waals surface area contributed by atoms with Crippen LogP contribution in [0.4, 0.5) is 21.0 Å². The Balaban J connectivity index is 0.000000229. The van der Waals surface area contributed by atoms with Crippen molar-refractivity contribution in [1.82, 2.24) is 40.5 Å². The summed E-state index contributed by atoms with van der Waals surface area (Å²) in [5.74, 6) is 3.87. The topological polar surface area (TPSA) is 479 Å². The Hall–Kier alpha value is -9.86. The highest BCUT2D eigenvalue weighted by Crippen LogP contribution is 2.43. The lowest BCUT2D eigenvalue weighted by Crippen LogP contribution is -2.41. The Morgan fingerprint density at radius 1 is 0.573 bits per heavy atom. The molecule has 3 saturated heterocycles. The van der Waals surface area contributed by atoms with Crippen LogP contribution in [0.5, 0.6) is 5.88 Å². The van der Waals surface area contributed by atoms with Crippen molar-refractivity contribution in [2.45, 2.75) is 142 Å². The van der Waals surface area contributed by atoms with E-state index in [1.807, 2.05) is 107 Å². The molecule has 0 radical (unpaired) electrons. The molecule has 35 nitrogen and oxygen atoms in total. The molecule has 16 rings (SSSR count). The van der Waals surface area contributed by atoms with Gasteiger partial charge < -0.3 is 84.7 Å². The zero-order chi connectivity index (χ0) is 88.8. The summed E-state index contributed by atoms with van der Waals surface area (Å²) < 4.78 is 32.3. The van der Waals surface area contributed by atoms with Crippen molar-refractivity contribution in [3.63, 3.8) is 0 Å². The summed E-state index contributed by atoms with van der Waals surface area (Å²) in [6.07, 6.45) is 13.8. The quantitative estimate of drug-likeness (QED) is 0.0141. The number of aliphatic hydroxyl groups is 4. The molecule has 0 bridgehead atoms. The number of oxime groups is 5. The summed E-state index contributed by atoms with van der Waals surface area (Å²) in [5.41, 5.74) is 11.7. The van der Waals surface area contributed by atoms with Gasteiger partial charge in [0.2, 0.25) is 17.7 Å². The highest BCUT2D eigenvalue weighted by Gasteiger charge is 2.52. The summed E-state index contributed by atoms with van der Waals surface area (Å²) >= 11 is 21.9. The van der Waals surface area contributed by atoms with Gasteiger partial charge in [0.1, 0.15) is 35.0 Å². The number of methoxy groups -OCH3 is 1. The van der Waals surface area contributed by atoms with Crippen LogP contribution in [0.3, 0.4) is 0 Å². The van der Waals surface area contributed by atoms with Crippen LogP contribution in [-0.4, -0.2) is 226 Å². The second kappa shape index (κ2) is 50.3. The highest BCUT2D eigenvalue weighted by atomic mass is 79.9. The summed E-state index contributed by atoms with van der Waals surface area (Å²) in [6, 6.07) is 33.8. The molecule has 7 atom stereocenters. The molecule has 0 saturated carbocycles. The first kappa shape index (κ1) is 103. The smallest absolute Gasteiger partial charge is 0.481 e. The average molecular weight is 2060 g/mol. The van der Waals surface area contributed by atoms with Crippen molar-refractivity contribution < 1.29 is 93.3 Å². The number of ether oxygens (including phenoxy) is 3. The monoisotopic (exact) mass is 2050 g/mol. The van der Waals surface area contributed by atoms with Crippen LogP contribution in [0.1, 0.15) is 115 Å². The number of aromatic nitrogens is 6. The fourth-order valence-electron chi connectivity index (χ4n) is 12.1. The number of halogens is 6. The van der Waals surface area contributed by atoms with Crippen molar-refractivity contribution in [3.05, 3.63) is 221 Å². The summed E-state index contributed by atoms with van der Waals surface area (Å²) in [7, 11) is 1.18. The number of pyridine rings is 6. The molecule has 124 heavy (non-hydrogen) atoms. The first-order valence-corrected chi connectivity index (χ1v) is 41.6. The van der Waals surface area contributed by atoms with Crippen molar-refractivity contribution in [1.29, 1.82) is 0 Å². The van der Waals surface area contributed by atoms with Gasteiger partial charge in [-0.3, -0.25) is 44.3 Å². The first-order valence-electron chi connectivity index (χ1n) is 37.2. The summed E-state index contributed by atoms with van der Waals surface area (Å²) in [6.45, 7) is 14.8. The van der Waals surface area contributed by atoms with Crippen LogP contribution in [-0.2, 0) is 55.7 Å². The Morgan fingerprint density at radius 2 is 0.992 bits per heavy atom. The lowest BCUT2D eigenvalue weighted by molar-refractivity contribution is -0.120. The van der Waals surface area contributed by atoms with Crippen LogP contribution in [0.25, 0.3) is 11.1 Å². The molecule has 14 heterocycles. The zero-order valence-corrected chi connectivity index (χ0v) is 75.5. The van der Waals surface area contributed by atoms with Gasteiger partial charge in [0.05, 0.1) is 110 Å². The molecule has 0 spiro atoms. The number of hydrogen-bond acceptors (Lipinski definition) is 31. The molecule has 8 aliphatic heterocycles. The maximum atomic E-state index is 12.4. The molecule has 3 unspecified atom stereocenters. The third-order valence-corrected chi connectivity index (χ3v) is 21.5. The number of hydrogen-bond donors (Lipinski definition) is 10. The molecule has 4 amide bonds. The fraction of sp³-hybridized carbons (Fsp3) is 0.354. The van der Waals surface area contributed by atoms with Crippen LogP contribution in [0.15, 0.2) is 207 Å². The van der Waals surface area contributed by atoms with Crippen LogP contribution in [0, 0.1) is 0 Å². The van der Waals surface area contributed by atoms with E-state index < -0.39 is 7.12 Å². The third-order valence-electron chi connectivity index (χ3n) is 18.9. The minimum Gasteiger partial charge on any atom is -0.481 e. The number of nitrogens with two attached hydrogens (primary N) is 1. The molecule has 8 aromatic rings. The predicted molar refractivity (Wildman–Crippen MR) is 486 cm³/mol. The van der Waals surface area contributed by atoms with Crippen molar-refractivity contribution >= 4 is 168 Å². The number of anilines is 2. The van der Waals surface area contributed by atoms with E-state index in [9.17, 15) is 24.3 Å². The van der Waals surface area contributed by atoms with E-state index in [4.69, 9.17) is 80.6 Å². The number of amides is 4. The van der Waals surface area contributed by atoms with E-state index in [1.54, 1.807) is 78.4 Å². The number of carbonyl (C=O) groups excluding carboxylic acids is 4. The maximum absolute atomic E-state index is 12.4. The average Bonchev–Trinajstić information content (AvgIpc) is 1.60. The Labute approximate surface area is 764 Å². The van der Waals surface area contributed by atoms with E-state index in [0.29, 0.717) is 56.0 Å². The SMILES string of the molecule is C.C.C=CCO.CC(=O)NC[C@@H]1OC(=O)N2c3ccc(-c4ccc(C5=NOC(CO)C5)nc4)cc3C[C@@H]12.CC(=O)NC[C@@H]1OC(=O)N2c3ccc(Br)cc3C[C@@H]12.CC1(C)OB(c2ccc(C3=NOC(CO)C3)nc2)OC1(C)C.COc1ccc(Br)cn1.NO.O/N=C(\Cl)c1ccc(Br)cn1.O/N=C/c1ccc(Br)cn1.OCC1CC(c2ccc(Br)cn2)=NO1. The molecular weight excluding hydrogens is 1960 g/mol. The van der Waals surface area contributed by atoms with Crippen LogP contribution < -0.4 is 36.5 Å². The fourth-order valence-corrected chi connectivity index (χ4v) is 13.6. The van der Waals surface area contributed by atoms with Crippen molar-refractivity contribution in [3.8, 4) is 17.0 Å². The summed E-state index contributed by atoms with van der Waals surface area (Å²) in [5, 5.41) is 80.6. The van der Waals surface area contributed by atoms with Gasteiger partial charge >= 0.3 is 19.3 Å². The molecule has 3 fully saturated rings. The molecule has 11 N–H and O–H groups in total. The van der Waals surface area contributed by atoms with Crippen molar-refractivity contribution in [2.24, 2.45) is 31.7 Å². The van der Waals surface area contributed by atoms with Gasteiger partial charge in [-0.05, 0) is 206 Å². The molecule has 6 aromatic heterocycles. The van der Waals surface area contributed by atoms with Gasteiger partial charge in [-0.1, -0.05) is 92.4 Å². The largest absolute Gasteiger partial charge is 0.496 e. The highest BCUT2D eigenvalue weighted by molar-refractivity contribution is 9.11. The van der Waals surface area contributed by atoms with Crippen molar-refractivity contribution in [2.75, 3.05) is 56.4 Å². The number of cyclic esters (lactones) is 2. The van der Waals surface area contributed by atoms with Crippen LogP contribution >= 0.6 is 91.3 Å². The first-order chi connectivity index (χ1) is 58.5. The van der Waals surface area contributed by atoms with Gasteiger partial charge in [-0.2, -0.15) is 0 Å². The van der Waals surface area contributed by atoms with Gasteiger partial charge in [0, 0.05) is 110 Å². The number of fused-ring (bicyclic) bond motifs is 6. The molecule has 42 heteroatoms. The van der Waals surface area contributed by atoms with E-state index in [2.05, 4.69) is 165 Å². The number of carbonyl (C=O) groups is 4. The second-order valence-corrected chi connectivity index (χ2v) is 32.8. The zero-order valence-electron chi connectivity index (χ0n) is 66.8. The summed E-state index contributed by atoms with van der Waals surface area (Å²) in [4.78, 5) is 90.0. The van der Waals surface area contributed by atoms with E-state index in [1.165, 1.54) is 26.1 Å². The number of nitrogens with zero attached hydrogens (tertiary/aromatic N) is 13. The van der Waals surface area contributed by atoms with Gasteiger partial charge in [0.25, 0.3) is 0 Å². The molecular formula is C82H97BBr5ClN16O19. The van der Waals surface area contributed by atoms with Gasteiger partial charge in [-0.15, -0.1) is 6.58 Å². The number of aliphatic hydroxyl groups excluding tert-OH is 4. The minimum atomic E-state index is -0.418. The molecule has 664 valence electrons. The predicted octanol–water partition coefficient (Wildman–Crippen LogP) is 12.1. The van der Waals surface area contributed by atoms with Gasteiger partial charge in [-0.25, -0.2) is 20.5 Å². The Kier molecular flexibility index (Phi) is 41.8. The molecule has 0 aliphatic carbocycles. The Bertz CT molecular complexity index is 4950. The normalized spacial score (nSPS) is 19.3. The maximum Gasteiger partial charge on any atom is 0.496 e. The van der Waals surface area contributed by atoms with E-state index in [0.717, 1.165) is 102 Å². The number of benzene rings is 2. The lowest BCUT2D eigenvalue weighted by atomic mass is 9.80. The molecule has 8 aliphatic rings. The third kappa shape index (κ3) is 29.1. The standard InChI is InChI=1S/C22H22N4O5.C15H21BN2O4.C13H13BrN2O3.C9H9BrN2O2.C6H4BrClN2O.C6H5BrN2O.C6H6BrNO.C3H6O.2CH4.H3NO/c1-12(28)23-10-21-20-7-15-6-13(3-5-19(15)26(20)22(29)30-21)14-2-4-17(24-9-14)18-8-16(11-27)31-25-18;1-14(2)15(3,4)22-16(21-14)10-5-6-12(17-8-10)13-7-11(9-19)20-18-13;1-7(17)15-6-12-11-5-8-4-9(14)2-3-10(8)16(11)13(18)19-12;10-6-1-2-8(11-4-6)9-3-7(5-13)14-12-9;7-4-1-2-5(9-3-4)6(8)10-11;7-5-1-2-6(4-9-10)8-3-5;1-9-6-3-2-5(7)4-8-6;1-2-3-4;;;1-2/h2-6,9,16,20-21,27H,7-8,10-11H2,1H3,(H,23,28);5-6,8,11,19H,7,9H2,1-4H3;2-4,11-12H,5-6H2,1H3,(H,15,17);1-2,4,7,13H,3,5H2;1-3,11H;1-4,10H;2-4H,1H3;2,4H,1,3H2;2*1H4;2H,1H2/b;;;;10-6-;9-4+;;;;;/t16?,20-,21-;;11-,12-;;;;;;;;/m0.0......../s1. The molecule has 2 aromatic carbocycles. The van der Waals surface area contributed by atoms with E-state index >= 15 is 0 Å². The number of rotatable bonds is 16. The second-order valence-electron chi connectivity index (χ2n) is 27.8. The van der Waals surface area contributed by atoms with Crippen LogP contribution in [0.2, 0.25) is 0 Å². The van der Waals surface area contributed by atoms with Gasteiger partial charge in [0.15, 0.2) is 23.5 Å². The Morgan fingerprint density at radius 3 is 1.37 bits per heavy atom. The number of nitrogens with one attached hydrogen (secondary N) is 2.